The lowest BCUT2D eigenvalue weighted by molar-refractivity contribution is -0.141. The van der Waals surface area contributed by atoms with E-state index in [0.717, 1.165) is 29.7 Å². The summed E-state index contributed by atoms with van der Waals surface area (Å²) in [7, 11) is 0. The Labute approximate surface area is 253 Å². The molecule has 0 spiro atoms. The van der Waals surface area contributed by atoms with Crippen molar-refractivity contribution in [2.45, 2.75) is 118 Å². The van der Waals surface area contributed by atoms with Crippen molar-refractivity contribution in [2.24, 2.45) is 17.8 Å². The van der Waals surface area contributed by atoms with Gasteiger partial charge < -0.3 is 15.7 Å². The van der Waals surface area contributed by atoms with E-state index in [4.69, 9.17) is 0 Å². The molecule has 0 saturated heterocycles. The minimum atomic E-state index is -1.08. The molecule has 4 atom stereocenters. The molecule has 1 rings (SSSR count). The summed E-state index contributed by atoms with van der Waals surface area (Å²) in [5.74, 6) is 1.47. The van der Waals surface area contributed by atoms with Crippen LogP contribution in [0.4, 0.5) is 0 Å². The molecule has 1 aromatic rings. The molecule has 0 saturated carbocycles. The van der Waals surface area contributed by atoms with E-state index in [1.165, 1.54) is 75.6 Å². The molecular weight excluding hydrogens is 532 g/mol. The molecule has 0 radical (unpaired) electrons. The molecular formula is C34H56N2O4S. The first-order valence-corrected chi connectivity index (χ1v) is 16.7. The van der Waals surface area contributed by atoms with Crippen LogP contribution in [0, 0.1) is 17.8 Å². The topological polar surface area (TPSA) is 95.5 Å². The SMILES string of the molecule is CC(=O)NC(Cc1ccccc1)C(=O)NC(CSC/C=C(\C)CCCC(C)CCCC(C)CCCC(C)C)C(=O)O. The van der Waals surface area contributed by atoms with Gasteiger partial charge in [-0.1, -0.05) is 115 Å². The zero-order valence-electron chi connectivity index (χ0n) is 26.4. The largest absolute Gasteiger partial charge is 0.480 e. The molecule has 0 aliphatic rings. The molecule has 0 fully saturated rings. The minimum Gasteiger partial charge on any atom is -0.480 e. The quantitative estimate of drug-likeness (QED) is 0.0968. The van der Waals surface area contributed by atoms with Gasteiger partial charge in [0, 0.05) is 24.9 Å². The van der Waals surface area contributed by atoms with Gasteiger partial charge in [0.2, 0.25) is 11.8 Å². The van der Waals surface area contributed by atoms with Crippen LogP contribution >= 0.6 is 11.8 Å². The van der Waals surface area contributed by atoms with Crippen LogP contribution in [0.2, 0.25) is 0 Å². The number of carbonyl (C=O) groups is 3. The number of benzene rings is 1. The van der Waals surface area contributed by atoms with Crippen LogP contribution in [0.5, 0.6) is 0 Å². The number of hydrogen-bond donors (Lipinski definition) is 3. The van der Waals surface area contributed by atoms with Crippen LogP contribution in [0.3, 0.4) is 0 Å². The van der Waals surface area contributed by atoms with Crippen molar-refractivity contribution < 1.29 is 19.5 Å². The van der Waals surface area contributed by atoms with E-state index in [0.29, 0.717) is 12.2 Å². The number of carboxylic acids is 1. The van der Waals surface area contributed by atoms with Gasteiger partial charge in [0.05, 0.1) is 0 Å². The Bertz CT molecular complexity index is 919. The third kappa shape index (κ3) is 18.7. The summed E-state index contributed by atoms with van der Waals surface area (Å²) in [4.78, 5) is 36.3. The summed E-state index contributed by atoms with van der Waals surface area (Å²) in [6.45, 7) is 12.9. The summed E-state index contributed by atoms with van der Waals surface area (Å²) in [6, 6.07) is 7.50. The fraction of sp³-hybridized carbons (Fsp3) is 0.676. The van der Waals surface area contributed by atoms with Crippen molar-refractivity contribution in [3.05, 3.63) is 47.5 Å². The molecule has 0 aliphatic carbocycles. The third-order valence-electron chi connectivity index (χ3n) is 7.57. The fourth-order valence-electron chi connectivity index (χ4n) is 4.95. The molecule has 3 N–H and O–H groups in total. The molecule has 232 valence electrons. The van der Waals surface area contributed by atoms with Gasteiger partial charge in [-0.15, -0.1) is 0 Å². The predicted molar refractivity (Wildman–Crippen MR) is 173 cm³/mol. The Hall–Kier alpha value is -2.28. The van der Waals surface area contributed by atoms with Crippen molar-refractivity contribution in [1.82, 2.24) is 10.6 Å². The van der Waals surface area contributed by atoms with Gasteiger partial charge in [-0.05, 0) is 43.1 Å². The predicted octanol–water partition coefficient (Wildman–Crippen LogP) is 7.42. The number of carboxylic acid groups (broad SMARTS) is 1. The van der Waals surface area contributed by atoms with Gasteiger partial charge in [0.25, 0.3) is 0 Å². The lowest BCUT2D eigenvalue weighted by Gasteiger charge is -2.21. The Kier molecular flexibility index (Phi) is 19.2. The van der Waals surface area contributed by atoms with E-state index < -0.39 is 24.0 Å². The molecule has 7 heteroatoms. The van der Waals surface area contributed by atoms with E-state index in [1.54, 1.807) is 0 Å². The number of hydrogen-bond acceptors (Lipinski definition) is 4. The highest BCUT2D eigenvalue weighted by Gasteiger charge is 2.26. The second-order valence-corrected chi connectivity index (χ2v) is 13.4. The highest BCUT2D eigenvalue weighted by atomic mass is 32.2. The van der Waals surface area contributed by atoms with Crippen molar-refractivity contribution in [3.63, 3.8) is 0 Å². The Balaban J connectivity index is 2.35. The van der Waals surface area contributed by atoms with Gasteiger partial charge >= 0.3 is 5.97 Å². The maximum atomic E-state index is 12.9. The zero-order valence-corrected chi connectivity index (χ0v) is 27.2. The monoisotopic (exact) mass is 588 g/mol. The van der Waals surface area contributed by atoms with Crippen LogP contribution in [0.25, 0.3) is 0 Å². The van der Waals surface area contributed by atoms with Gasteiger partial charge in [-0.3, -0.25) is 9.59 Å². The average molecular weight is 589 g/mol. The molecule has 0 aromatic heterocycles. The molecule has 6 nitrogen and oxygen atoms in total. The second-order valence-electron chi connectivity index (χ2n) is 12.3. The summed E-state index contributed by atoms with van der Waals surface area (Å²) in [6.07, 6.45) is 14.0. The van der Waals surface area contributed by atoms with Gasteiger partial charge in [0.15, 0.2) is 0 Å². The Morgan fingerprint density at radius 3 is 1.98 bits per heavy atom. The lowest BCUT2D eigenvalue weighted by atomic mass is 9.91. The van der Waals surface area contributed by atoms with Gasteiger partial charge in [-0.25, -0.2) is 4.79 Å². The lowest BCUT2D eigenvalue weighted by Crippen LogP contribution is -2.52. The average Bonchev–Trinajstić information content (AvgIpc) is 2.90. The van der Waals surface area contributed by atoms with Crippen molar-refractivity contribution in [2.75, 3.05) is 11.5 Å². The molecule has 0 bridgehead atoms. The standard InChI is InChI=1S/C34H56N2O4S/c1-25(2)13-10-14-26(3)15-11-16-27(4)17-12-18-28(5)21-22-41-24-32(34(39)40)36-33(38)31(35-29(6)37)23-30-19-8-7-9-20-30/h7-9,19-21,25-27,31-32H,10-18,22-24H2,1-6H3,(H,35,37)(H,36,38)(H,39,40)/b28-21+. The van der Waals surface area contributed by atoms with E-state index in [9.17, 15) is 19.5 Å². The van der Waals surface area contributed by atoms with Crippen molar-refractivity contribution >= 4 is 29.5 Å². The van der Waals surface area contributed by atoms with E-state index in [1.807, 2.05) is 30.3 Å². The Morgan fingerprint density at radius 2 is 1.41 bits per heavy atom. The molecule has 4 unspecified atom stereocenters. The minimum absolute atomic E-state index is 0.260. The van der Waals surface area contributed by atoms with Crippen LogP contribution in [0.1, 0.15) is 105 Å². The second kappa shape index (κ2) is 21.4. The number of amides is 2. The van der Waals surface area contributed by atoms with Gasteiger partial charge in [-0.2, -0.15) is 11.8 Å². The number of carbonyl (C=O) groups excluding carboxylic acids is 2. The molecule has 0 aliphatic heterocycles. The summed E-state index contributed by atoms with van der Waals surface area (Å²) >= 11 is 1.49. The molecule has 1 aromatic carbocycles. The number of aliphatic carboxylic acids is 1. The normalized spacial score (nSPS) is 14.8. The molecule has 0 heterocycles. The highest BCUT2D eigenvalue weighted by molar-refractivity contribution is 7.99. The van der Waals surface area contributed by atoms with Crippen LogP contribution in [-0.4, -0.2) is 46.5 Å². The number of nitrogens with one attached hydrogen (secondary N) is 2. The van der Waals surface area contributed by atoms with Gasteiger partial charge in [0.1, 0.15) is 12.1 Å². The Morgan fingerprint density at radius 1 is 0.829 bits per heavy atom. The van der Waals surface area contributed by atoms with E-state index in [2.05, 4.69) is 51.3 Å². The van der Waals surface area contributed by atoms with Crippen LogP contribution < -0.4 is 10.6 Å². The third-order valence-corrected chi connectivity index (χ3v) is 8.54. The van der Waals surface area contributed by atoms with Crippen molar-refractivity contribution in [1.29, 1.82) is 0 Å². The first-order valence-electron chi connectivity index (χ1n) is 15.5. The van der Waals surface area contributed by atoms with Crippen LogP contribution in [-0.2, 0) is 20.8 Å². The fourth-order valence-corrected chi connectivity index (χ4v) is 5.95. The van der Waals surface area contributed by atoms with Crippen molar-refractivity contribution in [3.8, 4) is 0 Å². The number of rotatable bonds is 22. The molecule has 41 heavy (non-hydrogen) atoms. The number of allylic oxidation sites excluding steroid dienone is 1. The highest BCUT2D eigenvalue weighted by Crippen LogP contribution is 2.22. The first-order chi connectivity index (χ1) is 19.5. The zero-order chi connectivity index (χ0) is 30.6. The van der Waals surface area contributed by atoms with Crippen LogP contribution in [0.15, 0.2) is 42.0 Å². The van der Waals surface area contributed by atoms with E-state index >= 15 is 0 Å². The summed E-state index contributed by atoms with van der Waals surface area (Å²) < 4.78 is 0. The summed E-state index contributed by atoms with van der Waals surface area (Å²) in [5, 5.41) is 14.9. The summed E-state index contributed by atoms with van der Waals surface area (Å²) in [5.41, 5.74) is 2.22. The molecule has 2 amide bonds. The maximum absolute atomic E-state index is 12.9. The number of thioether (sulfide) groups is 1. The van der Waals surface area contributed by atoms with E-state index in [-0.39, 0.29) is 11.7 Å². The maximum Gasteiger partial charge on any atom is 0.327 e. The smallest absolute Gasteiger partial charge is 0.327 e. The first kappa shape index (κ1) is 36.7.